The maximum atomic E-state index is 10.1. The maximum absolute atomic E-state index is 10.1. The second kappa shape index (κ2) is 14.1. The Morgan fingerprint density at radius 2 is 1.16 bits per heavy atom. The van der Waals surface area contributed by atoms with E-state index in [4.69, 9.17) is 4.42 Å². The van der Waals surface area contributed by atoms with E-state index in [0.29, 0.717) is 11.5 Å². The summed E-state index contributed by atoms with van der Waals surface area (Å²) in [5, 5.41) is 19.7. The van der Waals surface area contributed by atoms with Crippen molar-refractivity contribution in [3.8, 4) is 22.9 Å². The molecule has 68 heavy (non-hydrogen) atoms. The summed E-state index contributed by atoms with van der Waals surface area (Å²) in [6.45, 7) is 0. The smallest absolute Gasteiger partial charge is 0.159 e. The van der Waals surface area contributed by atoms with Crippen molar-refractivity contribution >= 4 is 82.4 Å². The van der Waals surface area contributed by atoms with Gasteiger partial charge in [-0.1, -0.05) is 165 Å². The van der Waals surface area contributed by atoms with Crippen LogP contribution in [0.25, 0.3) is 82.1 Å². The number of benzene rings is 10. The largest absolute Gasteiger partial charge is 0.454 e. The van der Waals surface area contributed by atoms with Gasteiger partial charge in [-0.05, 0) is 122 Å². The van der Waals surface area contributed by atoms with Crippen LogP contribution in [-0.2, 0) is 5.41 Å². The van der Waals surface area contributed by atoms with E-state index in [9.17, 15) is 5.26 Å². The number of hydrogen-bond donors (Lipinski definition) is 0. The molecule has 0 radical (unpaired) electrons. The standard InChI is InChI=1S/C64H43N3O/c65-38-39-31-34-42(35-32-39)66(57-30-14-25-50-49-24-12-22-44(62(49)68-63(50)57)40-15-2-1-3-16-40)58-37-54-60(47-21-7-6-19-45(47)58)59-43-18-5-4-17-41(43)33-36-52(59)64(54)51-26-9-11-29-56(51)67-55-28-10-8-20-46(55)48-23-13-27-53(64)61(48)67/h4-14,17-37,40H,1-3,15-16H2. The molecule has 1 unspecified atom stereocenters. The van der Waals surface area contributed by atoms with Crippen LogP contribution in [-0.4, -0.2) is 4.57 Å². The summed E-state index contributed by atoms with van der Waals surface area (Å²) >= 11 is 0. The van der Waals surface area contributed by atoms with Gasteiger partial charge in [0, 0.05) is 32.6 Å². The zero-order chi connectivity index (χ0) is 44.7. The molecule has 2 aromatic heterocycles. The maximum Gasteiger partial charge on any atom is 0.159 e. The molecule has 2 aliphatic carbocycles. The minimum atomic E-state index is -0.690. The van der Waals surface area contributed by atoms with Gasteiger partial charge in [0.2, 0.25) is 0 Å². The molecule has 4 heteroatoms. The summed E-state index contributed by atoms with van der Waals surface area (Å²) in [6, 6.07) is 74.1. The molecule has 1 spiro atoms. The van der Waals surface area contributed by atoms with Crippen molar-refractivity contribution in [1.82, 2.24) is 4.57 Å². The van der Waals surface area contributed by atoms with Crippen LogP contribution < -0.4 is 4.90 Å². The van der Waals surface area contributed by atoms with E-state index in [1.54, 1.807) is 0 Å². The van der Waals surface area contributed by atoms with Gasteiger partial charge in [0.15, 0.2) is 5.58 Å². The highest BCUT2D eigenvalue weighted by atomic mass is 16.3. The molecule has 1 aliphatic heterocycles. The van der Waals surface area contributed by atoms with Gasteiger partial charge in [0.05, 0.1) is 45.1 Å². The summed E-state index contributed by atoms with van der Waals surface area (Å²) in [5.74, 6) is 0.488. The van der Waals surface area contributed by atoms with E-state index in [1.165, 1.54) is 115 Å². The van der Waals surface area contributed by atoms with Crippen molar-refractivity contribution in [1.29, 1.82) is 5.26 Å². The molecule has 0 amide bonds. The lowest BCUT2D eigenvalue weighted by Crippen LogP contribution is -2.33. The van der Waals surface area contributed by atoms with Crippen molar-refractivity contribution < 1.29 is 4.42 Å². The van der Waals surface area contributed by atoms with E-state index in [0.717, 1.165) is 44.4 Å². The highest BCUT2D eigenvalue weighted by Gasteiger charge is 2.52. The first-order valence-electron chi connectivity index (χ1n) is 24.2. The third-order valence-electron chi connectivity index (χ3n) is 16.0. The monoisotopic (exact) mass is 869 g/mol. The Hall–Kier alpha value is -8.39. The average Bonchev–Trinajstić information content (AvgIpc) is 4.06. The number of fused-ring (bicyclic) bond motifs is 19. The molecule has 4 nitrogen and oxygen atoms in total. The zero-order valence-electron chi connectivity index (χ0n) is 37.3. The van der Waals surface area contributed by atoms with Crippen LogP contribution in [0.15, 0.2) is 199 Å². The van der Waals surface area contributed by atoms with Crippen LogP contribution in [0.1, 0.15) is 71.4 Å². The predicted molar refractivity (Wildman–Crippen MR) is 279 cm³/mol. The summed E-state index contributed by atoms with van der Waals surface area (Å²) in [6.07, 6.45) is 6.20. The second-order valence-electron chi connectivity index (χ2n) is 19.2. The Labute approximate surface area is 393 Å². The Morgan fingerprint density at radius 1 is 0.500 bits per heavy atom. The van der Waals surface area contributed by atoms with Crippen molar-refractivity contribution in [2.24, 2.45) is 0 Å². The molecule has 0 saturated heterocycles. The first-order chi connectivity index (χ1) is 33.7. The third-order valence-corrected chi connectivity index (χ3v) is 16.0. The van der Waals surface area contributed by atoms with Crippen LogP contribution in [0, 0.1) is 11.3 Å². The fraction of sp³-hybridized carbons (Fsp3) is 0.109. The quantitative estimate of drug-likeness (QED) is 0.177. The normalized spacial score (nSPS) is 16.2. The van der Waals surface area contributed by atoms with Crippen molar-refractivity contribution in [3.05, 3.63) is 228 Å². The number of rotatable bonds is 4. The number of para-hydroxylation sites is 5. The number of furan rings is 1. The van der Waals surface area contributed by atoms with Gasteiger partial charge < -0.3 is 13.9 Å². The van der Waals surface area contributed by atoms with E-state index in [1.807, 2.05) is 12.1 Å². The first kappa shape index (κ1) is 37.8. The van der Waals surface area contributed by atoms with E-state index in [2.05, 4.69) is 198 Å². The molecule has 15 rings (SSSR count). The Morgan fingerprint density at radius 3 is 2.01 bits per heavy atom. The summed E-state index contributed by atoms with van der Waals surface area (Å²) in [4.78, 5) is 2.41. The number of nitriles is 1. The SMILES string of the molecule is N#Cc1ccc(N(c2cc3c(c4ccccc24)-c2c(ccc4ccccc24)C32c3ccccc3-n3c4ccccc4c4cccc2c43)c2cccc3c2oc2c(C4CCCCC4)cccc23)cc1. The Bertz CT molecular complexity index is 4160. The van der Waals surface area contributed by atoms with E-state index < -0.39 is 5.41 Å². The van der Waals surface area contributed by atoms with Gasteiger partial charge in [-0.15, -0.1) is 0 Å². The molecular formula is C64H43N3O. The van der Waals surface area contributed by atoms with Crippen LogP contribution in [0.2, 0.25) is 0 Å². The molecule has 10 aromatic carbocycles. The molecule has 1 fully saturated rings. The highest BCUT2D eigenvalue weighted by molar-refractivity contribution is 6.19. The Kier molecular flexibility index (Phi) is 7.82. The summed E-state index contributed by atoms with van der Waals surface area (Å²) < 4.78 is 9.83. The molecule has 0 bridgehead atoms. The topological polar surface area (TPSA) is 45.1 Å². The van der Waals surface area contributed by atoms with Gasteiger partial charge in [-0.25, -0.2) is 0 Å². The molecule has 12 aromatic rings. The average molecular weight is 870 g/mol. The van der Waals surface area contributed by atoms with Crippen LogP contribution in [0.5, 0.6) is 0 Å². The molecule has 320 valence electrons. The first-order valence-corrected chi connectivity index (χ1v) is 24.2. The number of nitrogens with zero attached hydrogens (tertiary/aromatic N) is 3. The lowest BCUT2D eigenvalue weighted by molar-refractivity contribution is 0.442. The summed E-state index contributed by atoms with van der Waals surface area (Å²) in [7, 11) is 0. The minimum Gasteiger partial charge on any atom is -0.454 e. The van der Waals surface area contributed by atoms with Gasteiger partial charge in [-0.2, -0.15) is 5.26 Å². The van der Waals surface area contributed by atoms with Crippen LogP contribution in [0.4, 0.5) is 17.1 Å². The lowest BCUT2D eigenvalue weighted by Gasteiger charge is -2.40. The minimum absolute atomic E-state index is 0.488. The van der Waals surface area contributed by atoms with Gasteiger partial charge in [0.25, 0.3) is 0 Å². The molecular weight excluding hydrogens is 827 g/mol. The number of anilines is 3. The van der Waals surface area contributed by atoms with Gasteiger partial charge in [0.1, 0.15) is 5.58 Å². The fourth-order valence-corrected chi connectivity index (χ4v) is 13.2. The number of hydrogen-bond acceptors (Lipinski definition) is 3. The van der Waals surface area contributed by atoms with Crippen molar-refractivity contribution in [3.63, 3.8) is 0 Å². The molecule has 1 saturated carbocycles. The fourth-order valence-electron chi connectivity index (χ4n) is 13.2. The third kappa shape index (κ3) is 4.87. The van der Waals surface area contributed by atoms with E-state index >= 15 is 0 Å². The molecule has 1 atom stereocenters. The van der Waals surface area contributed by atoms with Crippen molar-refractivity contribution in [2.45, 2.75) is 43.4 Å². The zero-order valence-corrected chi connectivity index (χ0v) is 37.3. The second-order valence-corrected chi connectivity index (χ2v) is 19.2. The lowest BCUT2D eigenvalue weighted by atomic mass is 9.65. The number of aromatic nitrogens is 1. The molecule has 3 heterocycles. The molecule has 3 aliphatic rings. The van der Waals surface area contributed by atoms with Crippen LogP contribution in [0.3, 0.4) is 0 Å². The highest BCUT2D eigenvalue weighted by Crippen LogP contribution is 2.64. The van der Waals surface area contributed by atoms with Gasteiger partial charge in [-0.3, -0.25) is 0 Å². The van der Waals surface area contributed by atoms with Gasteiger partial charge >= 0.3 is 0 Å². The van der Waals surface area contributed by atoms with Crippen molar-refractivity contribution in [2.75, 3.05) is 4.90 Å². The van der Waals surface area contributed by atoms with Crippen LogP contribution >= 0.6 is 0 Å². The predicted octanol–water partition coefficient (Wildman–Crippen LogP) is 17.1. The Balaban J connectivity index is 1.10. The van der Waals surface area contributed by atoms with E-state index in [-0.39, 0.29) is 0 Å². The molecule has 0 N–H and O–H groups in total. The summed E-state index contributed by atoms with van der Waals surface area (Å²) in [5.41, 5.74) is 17.4.